The average molecular weight is 864 g/mol. The fourth-order valence-electron chi connectivity index (χ4n) is 10.8. The van der Waals surface area contributed by atoms with Crippen molar-refractivity contribution in [3.63, 3.8) is 0 Å². The van der Waals surface area contributed by atoms with E-state index in [-0.39, 0.29) is 11.3 Å². The number of hydrogen-bond acceptors (Lipinski definition) is 6. The lowest BCUT2D eigenvalue weighted by Crippen LogP contribution is -2.35. The van der Waals surface area contributed by atoms with E-state index in [2.05, 4.69) is 177 Å². The summed E-state index contributed by atoms with van der Waals surface area (Å²) in [5, 5.41) is 5.67. The number of aromatic nitrogens is 2. The summed E-state index contributed by atoms with van der Waals surface area (Å²) in [5.74, 6) is 1.80. The molecule has 8 aromatic carbocycles. The van der Waals surface area contributed by atoms with Crippen LogP contribution in [0.2, 0.25) is 0 Å². The Balaban J connectivity index is 0.932. The van der Waals surface area contributed by atoms with Crippen LogP contribution in [0.4, 0.5) is 0 Å². The second-order valence-electron chi connectivity index (χ2n) is 18.5. The third kappa shape index (κ3) is 6.54. The number of nitrogens with one attached hydrogen (secondary N) is 1. The number of fused-ring (bicyclic) bond motifs is 9. The Hall–Kier alpha value is -8.22. The maximum atomic E-state index is 6.61. The minimum absolute atomic E-state index is 0.214. The summed E-state index contributed by atoms with van der Waals surface area (Å²) < 4.78 is 6.61. The van der Waals surface area contributed by atoms with Crippen LogP contribution in [0, 0.1) is 0 Å². The Labute approximate surface area is 389 Å². The van der Waals surface area contributed by atoms with E-state index >= 15 is 0 Å². The van der Waals surface area contributed by atoms with Gasteiger partial charge in [0.05, 0.1) is 22.8 Å². The molecule has 0 radical (unpaired) electrons. The molecule has 13 rings (SSSR count). The van der Waals surface area contributed by atoms with E-state index in [9.17, 15) is 0 Å². The Morgan fingerprint density at radius 3 is 1.93 bits per heavy atom. The van der Waals surface area contributed by atoms with Crippen LogP contribution in [-0.4, -0.2) is 21.6 Å². The van der Waals surface area contributed by atoms with Crippen LogP contribution in [-0.2, 0) is 11.8 Å². The summed E-state index contributed by atoms with van der Waals surface area (Å²) in [6.07, 6.45) is 1.37. The van der Waals surface area contributed by atoms with Gasteiger partial charge in [0.25, 0.3) is 0 Å². The third-order valence-electron chi connectivity index (χ3n) is 14.1. The van der Waals surface area contributed by atoms with Gasteiger partial charge in [0.15, 0.2) is 6.17 Å². The smallest absolute Gasteiger partial charge is 0.169 e. The summed E-state index contributed by atoms with van der Waals surface area (Å²) >= 11 is 0. The number of amidine groups is 2. The van der Waals surface area contributed by atoms with Crippen molar-refractivity contribution < 1.29 is 4.42 Å². The molecule has 1 N–H and O–H groups in total. The Bertz CT molecular complexity index is 3590. The molecule has 0 fully saturated rings. The van der Waals surface area contributed by atoms with Gasteiger partial charge in [-0.15, -0.1) is 0 Å². The van der Waals surface area contributed by atoms with Gasteiger partial charge in [-0.2, -0.15) is 0 Å². The van der Waals surface area contributed by atoms with Crippen molar-refractivity contribution in [2.24, 2.45) is 9.98 Å². The number of furan rings is 1. The number of aryl methyl sites for hydroxylation is 1. The van der Waals surface area contributed by atoms with Gasteiger partial charge in [-0.1, -0.05) is 178 Å². The molecule has 6 nitrogen and oxygen atoms in total. The minimum Gasteiger partial charge on any atom is -0.456 e. The Kier molecular flexibility index (Phi) is 9.04. The van der Waals surface area contributed by atoms with Crippen molar-refractivity contribution in [2.75, 3.05) is 0 Å². The summed E-state index contributed by atoms with van der Waals surface area (Å²) in [6.45, 7) is 4.57. The highest BCUT2D eigenvalue weighted by Crippen LogP contribution is 2.50. The lowest BCUT2D eigenvalue weighted by molar-refractivity contribution is 0.626. The first kappa shape index (κ1) is 39.2. The van der Waals surface area contributed by atoms with Crippen LogP contribution in [0.1, 0.15) is 77.1 Å². The molecular formula is C61H45N5O. The van der Waals surface area contributed by atoms with Crippen LogP contribution >= 0.6 is 0 Å². The number of benzene rings is 8. The molecule has 1 unspecified atom stereocenters. The van der Waals surface area contributed by atoms with Crippen LogP contribution in [0.15, 0.2) is 209 Å². The standard InChI is InChI=1S/C61H45N5O/c1-61(2)50-26-13-12-24-47(50)56-57(61)62-51-32-31-44(37-16-6-3-7-17-37)46-30-28-40(35-48(46)55(51)63-56)41-29-33-52-49(36-41)54-45(25-15-27-53(54)67-52)42-22-14-23-43(34-42)60-65-58(38-18-8-4-9-19-38)64-59(66-60)39-20-10-5-11-21-39/h3-30,33-36,44,60H,31-32H2,1-2H3,(H,64,65,66). The molecule has 67 heavy (non-hydrogen) atoms. The molecule has 2 aliphatic carbocycles. The van der Waals surface area contributed by atoms with Crippen molar-refractivity contribution in [1.29, 1.82) is 0 Å². The maximum Gasteiger partial charge on any atom is 0.169 e. The van der Waals surface area contributed by atoms with Gasteiger partial charge >= 0.3 is 0 Å². The first-order chi connectivity index (χ1) is 32.9. The number of hydrogen-bond donors (Lipinski definition) is 1. The van der Waals surface area contributed by atoms with Crippen LogP contribution in [0.3, 0.4) is 0 Å². The summed E-state index contributed by atoms with van der Waals surface area (Å²) in [7, 11) is 0. The lowest BCUT2D eigenvalue weighted by Gasteiger charge is -2.22. The molecular weight excluding hydrogens is 819 g/mol. The number of nitrogens with zero attached hydrogens (tertiary/aromatic N) is 4. The molecule has 320 valence electrons. The number of aliphatic imine (C=N–C) groups is 2. The highest BCUT2D eigenvalue weighted by Gasteiger charge is 2.40. The van der Waals surface area contributed by atoms with Gasteiger partial charge in [0.1, 0.15) is 22.8 Å². The molecule has 6 heteroatoms. The van der Waals surface area contributed by atoms with E-state index in [4.69, 9.17) is 24.4 Å². The fraction of sp³-hybridized carbons (Fsp3) is 0.115. The van der Waals surface area contributed by atoms with E-state index in [1.807, 2.05) is 36.4 Å². The zero-order valence-electron chi connectivity index (χ0n) is 37.2. The molecule has 3 aliphatic rings. The maximum absolute atomic E-state index is 6.61. The Morgan fingerprint density at radius 2 is 1.15 bits per heavy atom. The molecule has 0 bridgehead atoms. The highest BCUT2D eigenvalue weighted by molar-refractivity contribution is 6.16. The third-order valence-corrected chi connectivity index (χ3v) is 14.1. The van der Waals surface area contributed by atoms with E-state index in [1.165, 1.54) is 22.3 Å². The zero-order valence-corrected chi connectivity index (χ0v) is 37.2. The van der Waals surface area contributed by atoms with Gasteiger partial charge in [-0.25, -0.2) is 15.0 Å². The van der Waals surface area contributed by atoms with Crippen molar-refractivity contribution in [3.8, 4) is 44.8 Å². The van der Waals surface area contributed by atoms with E-state index in [0.29, 0.717) is 0 Å². The van der Waals surface area contributed by atoms with Crippen LogP contribution in [0.25, 0.3) is 66.7 Å². The Morgan fingerprint density at radius 1 is 0.507 bits per heavy atom. The van der Waals surface area contributed by atoms with Gasteiger partial charge < -0.3 is 9.73 Å². The van der Waals surface area contributed by atoms with Crippen LogP contribution < -0.4 is 5.32 Å². The lowest BCUT2D eigenvalue weighted by atomic mass is 9.85. The first-order valence-electron chi connectivity index (χ1n) is 23.2. The van der Waals surface area contributed by atoms with Crippen molar-refractivity contribution >= 4 is 33.6 Å². The molecule has 0 saturated carbocycles. The van der Waals surface area contributed by atoms with E-state index < -0.39 is 6.17 Å². The van der Waals surface area contributed by atoms with Crippen LogP contribution in [0.5, 0.6) is 0 Å². The fourth-order valence-corrected chi connectivity index (χ4v) is 10.8. The van der Waals surface area contributed by atoms with Gasteiger partial charge in [0.2, 0.25) is 0 Å². The summed E-state index contributed by atoms with van der Waals surface area (Å²) in [4.78, 5) is 21.5. The SMILES string of the molecule is CC1(C)c2ccccc2-c2nc3c(nc21)CCC(c1ccccc1)c1ccc(-c2ccc4oc5cccc(-c6cccc(C7N=C(c8ccccc8)NC(c8ccccc8)=N7)c6)c5c4c2)cc1-3. The van der Waals surface area contributed by atoms with Crippen molar-refractivity contribution in [3.05, 3.63) is 239 Å². The monoisotopic (exact) mass is 863 g/mol. The van der Waals surface area contributed by atoms with E-state index in [0.717, 1.165) is 114 Å². The quantitative estimate of drug-likeness (QED) is 0.181. The molecule has 3 heterocycles. The summed E-state index contributed by atoms with van der Waals surface area (Å²) in [5.41, 5.74) is 19.3. The molecule has 0 amide bonds. The first-order valence-corrected chi connectivity index (χ1v) is 23.2. The zero-order chi connectivity index (χ0) is 44.6. The van der Waals surface area contributed by atoms with Gasteiger partial charge in [0, 0.05) is 44.4 Å². The second-order valence-corrected chi connectivity index (χ2v) is 18.5. The molecule has 1 aliphatic heterocycles. The number of rotatable bonds is 6. The molecule has 10 aromatic rings. The van der Waals surface area contributed by atoms with Gasteiger partial charge in [-0.3, -0.25) is 4.98 Å². The topological polar surface area (TPSA) is 75.7 Å². The molecule has 2 aromatic heterocycles. The molecule has 0 spiro atoms. The summed E-state index contributed by atoms with van der Waals surface area (Å²) in [6, 6.07) is 68.8. The normalized spacial score (nSPS) is 16.0. The molecule has 1 atom stereocenters. The predicted molar refractivity (Wildman–Crippen MR) is 272 cm³/mol. The minimum atomic E-state index is -0.440. The van der Waals surface area contributed by atoms with Crippen molar-refractivity contribution in [1.82, 2.24) is 15.3 Å². The average Bonchev–Trinajstić information content (AvgIpc) is 3.81. The predicted octanol–water partition coefficient (Wildman–Crippen LogP) is 14.3. The largest absolute Gasteiger partial charge is 0.456 e. The van der Waals surface area contributed by atoms with Crippen molar-refractivity contribution in [2.45, 2.75) is 44.2 Å². The second kappa shape index (κ2) is 15.5. The highest BCUT2D eigenvalue weighted by atomic mass is 16.3. The van der Waals surface area contributed by atoms with E-state index in [1.54, 1.807) is 0 Å². The molecule has 0 saturated heterocycles. The van der Waals surface area contributed by atoms with Gasteiger partial charge in [-0.05, 0) is 87.7 Å².